The number of aromatic amines is 1. The molecule has 0 saturated carbocycles. The number of nitrogens with one attached hydrogen (secondary N) is 3. The van der Waals surface area contributed by atoms with Crippen LogP contribution in [-0.2, 0) is 6.42 Å². The zero-order valence-corrected chi connectivity index (χ0v) is 18.2. The Balaban J connectivity index is 1.51. The van der Waals surface area contributed by atoms with E-state index in [9.17, 15) is 4.79 Å². The van der Waals surface area contributed by atoms with Crippen molar-refractivity contribution in [3.8, 4) is 5.75 Å². The van der Waals surface area contributed by atoms with Crippen molar-refractivity contribution in [1.29, 1.82) is 0 Å². The van der Waals surface area contributed by atoms with Gasteiger partial charge >= 0.3 is 0 Å². The van der Waals surface area contributed by atoms with E-state index in [1.54, 1.807) is 31.4 Å². The lowest BCUT2D eigenvalue weighted by molar-refractivity contribution is 0.0977. The largest absolute Gasteiger partial charge is 0.497 e. The minimum Gasteiger partial charge on any atom is -0.497 e. The van der Waals surface area contributed by atoms with Gasteiger partial charge in [0.2, 0.25) is 5.96 Å². The van der Waals surface area contributed by atoms with Crippen molar-refractivity contribution < 1.29 is 9.53 Å². The van der Waals surface area contributed by atoms with Crippen molar-refractivity contribution in [1.82, 2.24) is 10.3 Å². The smallest absolute Gasteiger partial charge is 0.257 e. The van der Waals surface area contributed by atoms with Gasteiger partial charge in [0.1, 0.15) is 5.75 Å². The number of carbonyl (C=O) groups is 1. The van der Waals surface area contributed by atoms with Crippen molar-refractivity contribution in [2.24, 2.45) is 4.99 Å². The van der Waals surface area contributed by atoms with Crippen LogP contribution in [0.4, 0.5) is 5.69 Å². The van der Waals surface area contributed by atoms with E-state index in [1.807, 2.05) is 49.5 Å². The van der Waals surface area contributed by atoms with Gasteiger partial charge in [0.25, 0.3) is 5.91 Å². The number of ether oxygens (including phenoxy) is 1. The maximum absolute atomic E-state index is 12.8. The summed E-state index contributed by atoms with van der Waals surface area (Å²) in [5.41, 5.74) is 4.82. The molecule has 32 heavy (non-hydrogen) atoms. The highest BCUT2D eigenvalue weighted by molar-refractivity contribution is 6.10. The minimum absolute atomic E-state index is 0.237. The topological polar surface area (TPSA) is 78.5 Å². The number of aryl methyl sites for hydroxylation is 1. The first-order valence-electron chi connectivity index (χ1n) is 10.5. The van der Waals surface area contributed by atoms with Crippen LogP contribution < -0.4 is 15.4 Å². The Morgan fingerprint density at radius 3 is 2.62 bits per heavy atom. The zero-order valence-electron chi connectivity index (χ0n) is 18.2. The van der Waals surface area contributed by atoms with Crippen LogP contribution in [0.1, 0.15) is 21.5 Å². The first-order chi connectivity index (χ1) is 15.6. The average Bonchev–Trinajstić information content (AvgIpc) is 3.22. The van der Waals surface area contributed by atoms with Crippen molar-refractivity contribution >= 4 is 28.5 Å². The summed E-state index contributed by atoms with van der Waals surface area (Å²) in [5.74, 6) is 0.877. The molecule has 0 atom stereocenters. The number of hydrogen-bond donors (Lipinski definition) is 3. The van der Waals surface area contributed by atoms with Gasteiger partial charge in [-0.05, 0) is 66.9 Å². The number of para-hydroxylation sites is 1. The molecule has 0 radical (unpaired) electrons. The fraction of sp³-hybridized carbons (Fsp3) is 0.154. The number of guanidine groups is 1. The maximum atomic E-state index is 12.8. The molecule has 4 aromatic rings. The van der Waals surface area contributed by atoms with Gasteiger partial charge in [-0.15, -0.1) is 0 Å². The van der Waals surface area contributed by atoms with Crippen molar-refractivity contribution in [3.05, 3.63) is 95.7 Å². The van der Waals surface area contributed by atoms with Crippen LogP contribution in [0.2, 0.25) is 0 Å². The van der Waals surface area contributed by atoms with E-state index in [0.29, 0.717) is 23.8 Å². The van der Waals surface area contributed by atoms with Gasteiger partial charge in [-0.3, -0.25) is 15.1 Å². The quantitative estimate of drug-likeness (QED) is 0.302. The minimum atomic E-state index is -0.237. The Morgan fingerprint density at radius 1 is 1.03 bits per heavy atom. The molecule has 6 heteroatoms. The second kappa shape index (κ2) is 9.83. The van der Waals surface area contributed by atoms with Gasteiger partial charge in [0.05, 0.1) is 7.11 Å². The molecule has 1 amide bonds. The molecule has 0 spiro atoms. The Labute approximate surface area is 187 Å². The Hall–Kier alpha value is -4.06. The van der Waals surface area contributed by atoms with E-state index >= 15 is 0 Å². The molecule has 3 N–H and O–H groups in total. The highest BCUT2D eigenvalue weighted by Gasteiger charge is 2.10. The molecule has 0 aliphatic heterocycles. The number of carbonyl (C=O) groups excluding carboxylic acids is 1. The third-order valence-electron chi connectivity index (χ3n) is 5.19. The van der Waals surface area contributed by atoms with E-state index in [1.165, 1.54) is 10.9 Å². The van der Waals surface area contributed by atoms with Gasteiger partial charge in [-0.25, -0.2) is 0 Å². The van der Waals surface area contributed by atoms with Crippen LogP contribution in [0.5, 0.6) is 5.75 Å². The summed E-state index contributed by atoms with van der Waals surface area (Å²) in [6, 6.07) is 23.1. The number of amides is 1. The normalized spacial score (nSPS) is 11.4. The fourth-order valence-corrected chi connectivity index (χ4v) is 3.52. The first-order valence-corrected chi connectivity index (χ1v) is 10.5. The molecule has 0 aliphatic carbocycles. The number of aromatic nitrogens is 1. The van der Waals surface area contributed by atoms with E-state index in [-0.39, 0.29) is 5.91 Å². The Kier molecular flexibility index (Phi) is 6.51. The lowest BCUT2D eigenvalue weighted by atomic mass is 10.1. The summed E-state index contributed by atoms with van der Waals surface area (Å²) >= 11 is 0. The number of rotatable bonds is 6. The van der Waals surface area contributed by atoms with Crippen LogP contribution in [0.15, 0.2) is 84.0 Å². The van der Waals surface area contributed by atoms with Crippen LogP contribution in [0, 0.1) is 6.92 Å². The van der Waals surface area contributed by atoms with Crippen LogP contribution in [-0.4, -0.2) is 30.5 Å². The van der Waals surface area contributed by atoms with E-state index in [0.717, 1.165) is 23.2 Å². The predicted octanol–water partition coefficient (Wildman–Crippen LogP) is 4.93. The van der Waals surface area contributed by atoms with Crippen molar-refractivity contribution in [2.45, 2.75) is 13.3 Å². The Morgan fingerprint density at radius 2 is 1.84 bits per heavy atom. The number of H-pyrrole nitrogens is 1. The molecule has 0 fully saturated rings. The number of anilines is 1. The lowest BCUT2D eigenvalue weighted by Gasteiger charge is -2.12. The molecule has 1 aromatic heterocycles. The molecule has 4 rings (SSSR count). The zero-order chi connectivity index (χ0) is 22.3. The lowest BCUT2D eigenvalue weighted by Crippen LogP contribution is -2.36. The standard InChI is InChI=1S/C26H26N4O2/c1-18-6-5-7-21(16-18)29-26(30-25(31)19-10-12-22(32-2)13-11-19)27-15-14-20-17-28-24-9-4-3-8-23(20)24/h3-13,16-17,28H,14-15H2,1-2H3,(H2,27,29,30,31). The van der Waals surface area contributed by atoms with Gasteiger partial charge in [0, 0.05) is 34.9 Å². The molecule has 0 aliphatic rings. The third kappa shape index (κ3) is 5.16. The summed E-state index contributed by atoms with van der Waals surface area (Å²) in [5, 5.41) is 7.35. The molecule has 0 unspecified atom stereocenters. The van der Waals surface area contributed by atoms with E-state index in [2.05, 4.69) is 32.7 Å². The summed E-state index contributed by atoms with van der Waals surface area (Å²) in [6.45, 7) is 2.55. The number of methoxy groups -OCH3 is 1. The molecular formula is C26H26N4O2. The summed E-state index contributed by atoms with van der Waals surface area (Å²) < 4.78 is 5.17. The molecular weight excluding hydrogens is 400 g/mol. The SMILES string of the molecule is COc1ccc(C(=O)NC(=NCCc2c[nH]c3ccccc23)Nc2cccc(C)c2)cc1. The number of benzene rings is 3. The number of nitrogens with zero attached hydrogens (tertiary/aromatic N) is 1. The second-order valence-corrected chi connectivity index (χ2v) is 7.52. The van der Waals surface area contributed by atoms with E-state index in [4.69, 9.17) is 4.74 Å². The maximum Gasteiger partial charge on any atom is 0.257 e. The van der Waals surface area contributed by atoms with E-state index < -0.39 is 0 Å². The highest BCUT2D eigenvalue weighted by Crippen LogP contribution is 2.18. The van der Waals surface area contributed by atoms with Gasteiger partial charge in [-0.2, -0.15) is 0 Å². The number of aliphatic imine (C=N–C) groups is 1. The number of hydrogen-bond acceptors (Lipinski definition) is 3. The fourth-order valence-electron chi connectivity index (χ4n) is 3.52. The summed E-state index contributed by atoms with van der Waals surface area (Å²) in [4.78, 5) is 20.8. The highest BCUT2D eigenvalue weighted by atomic mass is 16.5. The molecule has 1 heterocycles. The van der Waals surface area contributed by atoms with Crippen LogP contribution in [0.3, 0.4) is 0 Å². The molecule has 162 valence electrons. The number of fused-ring (bicyclic) bond motifs is 1. The second-order valence-electron chi connectivity index (χ2n) is 7.52. The van der Waals surface area contributed by atoms with Gasteiger partial charge < -0.3 is 15.0 Å². The van der Waals surface area contributed by atoms with Crippen molar-refractivity contribution in [3.63, 3.8) is 0 Å². The molecule has 3 aromatic carbocycles. The molecule has 0 bridgehead atoms. The van der Waals surface area contributed by atoms with Gasteiger partial charge in [0.15, 0.2) is 0 Å². The first kappa shape index (κ1) is 21.2. The molecule has 0 saturated heterocycles. The average molecular weight is 427 g/mol. The van der Waals surface area contributed by atoms with Crippen LogP contribution >= 0.6 is 0 Å². The monoisotopic (exact) mass is 426 g/mol. The summed E-state index contributed by atoms with van der Waals surface area (Å²) in [7, 11) is 1.60. The molecule has 6 nitrogen and oxygen atoms in total. The Bertz CT molecular complexity index is 1240. The van der Waals surface area contributed by atoms with Gasteiger partial charge in [-0.1, -0.05) is 30.3 Å². The van der Waals surface area contributed by atoms with Crippen molar-refractivity contribution in [2.75, 3.05) is 19.0 Å². The summed E-state index contributed by atoms with van der Waals surface area (Å²) in [6.07, 6.45) is 2.77. The van der Waals surface area contributed by atoms with Crippen LogP contribution in [0.25, 0.3) is 10.9 Å². The third-order valence-corrected chi connectivity index (χ3v) is 5.19. The predicted molar refractivity (Wildman–Crippen MR) is 130 cm³/mol.